The van der Waals surface area contributed by atoms with Crippen LogP contribution in [0.3, 0.4) is 0 Å². The lowest BCUT2D eigenvalue weighted by Gasteiger charge is -2.17. The maximum Gasteiger partial charge on any atom is 0.256 e. The Kier molecular flexibility index (Phi) is 10.2. The van der Waals surface area contributed by atoms with Gasteiger partial charge in [-0.1, -0.05) is 50.3 Å². The molecule has 6 heteroatoms. The topological polar surface area (TPSA) is 77.2 Å². The van der Waals surface area contributed by atoms with Gasteiger partial charge in [0.05, 0.1) is 5.57 Å². The molecular weight excluding hydrogens is 436 g/mol. The highest BCUT2D eigenvalue weighted by atomic mass is 16.2. The largest absolute Gasteiger partial charge is 0.359 e. The number of unbranched alkanes of at least 4 members (excludes halogenated alkanes) is 6. The van der Waals surface area contributed by atoms with Gasteiger partial charge in [0.1, 0.15) is 0 Å². The molecule has 2 heterocycles. The Labute approximate surface area is 210 Å². The third kappa shape index (κ3) is 7.31. The molecule has 0 radical (unpaired) electrons. The standard InChI is InChI=1S/C29H42N4O2/c1-21-23(16-17-28(34)33(4)19-13-9-7-5-6-8-12-18-30-3)22(2)31-27(21)20-25-24-14-10-11-15-26(24)32-29(25)35/h10-11,14-15,20,30-31H,5-9,12-13,16-19H2,1-4H3,(H,32,35). The molecule has 0 unspecified atom stereocenters. The molecule has 0 saturated carbocycles. The van der Waals surface area contributed by atoms with Crippen LogP contribution in [0.2, 0.25) is 0 Å². The first-order valence-corrected chi connectivity index (χ1v) is 13.1. The number of hydrogen-bond acceptors (Lipinski definition) is 3. The number of carbonyl (C=O) groups is 2. The van der Waals surface area contributed by atoms with Gasteiger partial charge >= 0.3 is 0 Å². The molecule has 35 heavy (non-hydrogen) atoms. The van der Waals surface area contributed by atoms with Gasteiger partial charge in [-0.3, -0.25) is 9.59 Å². The van der Waals surface area contributed by atoms with E-state index in [1.807, 2.05) is 56.3 Å². The molecule has 2 aromatic rings. The summed E-state index contributed by atoms with van der Waals surface area (Å²) in [6.07, 6.45) is 11.8. The van der Waals surface area contributed by atoms with Gasteiger partial charge in [0.25, 0.3) is 5.91 Å². The summed E-state index contributed by atoms with van der Waals surface area (Å²) in [5.74, 6) is 0.117. The molecule has 1 aliphatic rings. The van der Waals surface area contributed by atoms with Crippen molar-refractivity contribution in [2.24, 2.45) is 0 Å². The highest BCUT2D eigenvalue weighted by Gasteiger charge is 2.24. The zero-order valence-electron chi connectivity index (χ0n) is 21.9. The van der Waals surface area contributed by atoms with E-state index < -0.39 is 0 Å². The summed E-state index contributed by atoms with van der Waals surface area (Å²) in [6, 6.07) is 7.75. The number of fused-ring (bicyclic) bond motifs is 1. The van der Waals surface area contributed by atoms with Crippen molar-refractivity contribution < 1.29 is 9.59 Å². The van der Waals surface area contributed by atoms with Crippen LogP contribution < -0.4 is 10.6 Å². The molecule has 3 rings (SSSR count). The Morgan fingerprint density at radius 1 is 1.03 bits per heavy atom. The first-order valence-electron chi connectivity index (χ1n) is 13.1. The Morgan fingerprint density at radius 3 is 2.46 bits per heavy atom. The number of anilines is 1. The fraction of sp³-hybridized carbons (Fsp3) is 0.517. The van der Waals surface area contributed by atoms with Gasteiger partial charge in [-0.2, -0.15) is 0 Å². The number of nitrogens with zero attached hydrogens (tertiary/aromatic N) is 1. The van der Waals surface area contributed by atoms with E-state index in [2.05, 4.69) is 22.5 Å². The van der Waals surface area contributed by atoms with Gasteiger partial charge in [-0.15, -0.1) is 0 Å². The van der Waals surface area contributed by atoms with E-state index in [0.29, 0.717) is 18.4 Å². The first kappa shape index (κ1) is 26.7. The van der Waals surface area contributed by atoms with Crippen LogP contribution >= 0.6 is 0 Å². The quantitative estimate of drug-likeness (QED) is 0.249. The molecule has 0 atom stereocenters. The Balaban J connectivity index is 1.46. The number of rotatable bonds is 14. The first-order chi connectivity index (χ1) is 16.9. The molecule has 0 saturated heterocycles. The van der Waals surface area contributed by atoms with Crippen molar-refractivity contribution in [3.8, 4) is 0 Å². The number of benzene rings is 1. The number of aromatic amines is 1. The zero-order chi connectivity index (χ0) is 25.2. The minimum atomic E-state index is -0.0787. The summed E-state index contributed by atoms with van der Waals surface area (Å²) < 4.78 is 0. The number of amides is 2. The lowest BCUT2D eigenvalue weighted by molar-refractivity contribution is -0.129. The number of carbonyl (C=O) groups excluding carboxylic acids is 2. The molecular formula is C29H42N4O2. The van der Waals surface area contributed by atoms with Gasteiger partial charge in [-0.05, 0) is 70.0 Å². The summed E-state index contributed by atoms with van der Waals surface area (Å²) in [6.45, 7) is 6.05. The molecule has 190 valence electrons. The van der Waals surface area contributed by atoms with Crippen molar-refractivity contribution in [3.63, 3.8) is 0 Å². The third-order valence-electron chi connectivity index (χ3n) is 7.07. The summed E-state index contributed by atoms with van der Waals surface area (Å²) in [5, 5.41) is 6.12. The number of hydrogen-bond donors (Lipinski definition) is 3. The predicted molar refractivity (Wildman–Crippen MR) is 145 cm³/mol. The molecule has 0 spiro atoms. The highest BCUT2D eigenvalue weighted by Crippen LogP contribution is 2.33. The monoisotopic (exact) mass is 478 g/mol. The van der Waals surface area contributed by atoms with Crippen molar-refractivity contribution in [2.45, 2.75) is 71.6 Å². The molecule has 2 amide bonds. The second kappa shape index (κ2) is 13.3. The lowest BCUT2D eigenvalue weighted by atomic mass is 10.0. The molecule has 0 aliphatic carbocycles. The number of nitrogens with one attached hydrogen (secondary N) is 3. The van der Waals surface area contributed by atoms with E-state index in [-0.39, 0.29) is 11.8 Å². The number of para-hydroxylation sites is 1. The van der Waals surface area contributed by atoms with E-state index in [4.69, 9.17) is 0 Å². The molecule has 1 aromatic carbocycles. The maximum atomic E-state index is 12.7. The SMILES string of the molecule is CNCCCCCCCCCN(C)C(=O)CCc1c(C)[nH]c(C=C2C(=O)Nc3ccccc32)c1C. The second-order valence-corrected chi connectivity index (χ2v) is 9.72. The summed E-state index contributed by atoms with van der Waals surface area (Å²) in [4.78, 5) is 30.5. The van der Waals surface area contributed by atoms with Gasteiger partial charge in [0.15, 0.2) is 0 Å². The number of aromatic nitrogens is 1. The number of aryl methyl sites for hydroxylation is 1. The van der Waals surface area contributed by atoms with Crippen molar-refractivity contribution in [1.29, 1.82) is 0 Å². The smallest absolute Gasteiger partial charge is 0.256 e. The fourth-order valence-electron chi connectivity index (χ4n) is 4.84. The molecule has 1 aliphatic heterocycles. The molecule has 6 nitrogen and oxygen atoms in total. The lowest BCUT2D eigenvalue weighted by Crippen LogP contribution is -2.28. The van der Waals surface area contributed by atoms with E-state index in [0.717, 1.165) is 47.7 Å². The van der Waals surface area contributed by atoms with E-state index in [9.17, 15) is 9.59 Å². The van der Waals surface area contributed by atoms with Crippen LogP contribution in [0.4, 0.5) is 5.69 Å². The summed E-state index contributed by atoms with van der Waals surface area (Å²) >= 11 is 0. The Bertz CT molecular complexity index is 1040. The Morgan fingerprint density at radius 2 is 1.71 bits per heavy atom. The maximum absolute atomic E-state index is 12.7. The molecule has 1 aromatic heterocycles. The Hall–Kier alpha value is -2.86. The summed E-state index contributed by atoms with van der Waals surface area (Å²) in [7, 11) is 3.92. The van der Waals surface area contributed by atoms with Crippen molar-refractivity contribution in [3.05, 3.63) is 52.3 Å². The van der Waals surface area contributed by atoms with E-state index >= 15 is 0 Å². The van der Waals surface area contributed by atoms with Crippen LogP contribution in [0, 0.1) is 13.8 Å². The van der Waals surface area contributed by atoms with Gasteiger partial charge in [-0.25, -0.2) is 0 Å². The van der Waals surface area contributed by atoms with Crippen molar-refractivity contribution in [2.75, 3.05) is 32.5 Å². The molecule has 0 fully saturated rings. The molecule has 3 N–H and O–H groups in total. The zero-order valence-corrected chi connectivity index (χ0v) is 21.9. The average molecular weight is 479 g/mol. The minimum Gasteiger partial charge on any atom is -0.359 e. The normalized spacial score (nSPS) is 13.8. The predicted octanol–water partition coefficient (Wildman–Crippen LogP) is 5.47. The van der Waals surface area contributed by atoms with Crippen LogP contribution in [0.15, 0.2) is 24.3 Å². The van der Waals surface area contributed by atoms with Crippen molar-refractivity contribution >= 4 is 29.2 Å². The summed E-state index contributed by atoms with van der Waals surface area (Å²) in [5.41, 5.74) is 6.72. The highest BCUT2D eigenvalue weighted by molar-refractivity contribution is 6.34. The van der Waals surface area contributed by atoms with Crippen LogP contribution in [0.5, 0.6) is 0 Å². The second-order valence-electron chi connectivity index (χ2n) is 9.72. The average Bonchev–Trinajstić information content (AvgIpc) is 3.30. The van der Waals surface area contributed by atoms with Crippen LogP contribution in [0.1, 0.15) is 79.4 Å². The van der Waals surface area contributed by atoms with Crippen LogP contribution in [-0.2, 0) is 16.0 Å². The van der Waals surface area contributed by atoms with Crippen LogP contribution in [0.25, 0.3) is 11.6 Å². The van der Waals surface area contributed by atoms with E-state index in [1.165, 1.54) is 44.1 Å². The third-order valence-corrected chi connectivity index (χ3v) is 7.07. The number of H-pyrrole nitrogens is 1. The van der Waals surface area contributed by atoms with Gasteiger partial charge in [0.2, 0.25) is 5.91 Å². The van der Waals surface area contributed by atoms with E-state index in [1.54, 1.807) is 0 Å². The van der Waals surface area contributed by atoms with Gasteiger partial charge < -0.3 is 20.5 Å². The molecule has 0 bridgehead atoms. The minimum absolute atomic E-state index is 0.0787. The van der Waals surface area contributed by atoms with Gasteiger partial charge in [0, 0.05) is 42.7 Å². The van der Waals surface area contributed by atoms with Crippen LogP contribution in [-0.4, -0.2) is 48.9 Å². The van der Waals surface area contributed by atoms with Crippen molar-refractivity contribution in [1.82, 2.24) is 15.2 Å². The fourth-order valence-corrected chi connectivity index (χ4v) is 4.84.